The van der Waals surface area contributed by atoms with E-state index in [9.17, 15) is 0 Å². The number of anilines is 2. The molecular formula is C12H8ClN3O. The van der Waals surface area contributed by atoms with Crippen LogP contribution >= 0.6 is 11.6 Å². The molecule has 0 spiro atoms. The first-order chi connectivity index (χ1) is 8.33. The maximum atomic E-state index is 5.81. The normalized spacial score (nSPS) is 10.6. The Balaban J connectivity index is 2.00. The third-order valence-electron chi connectivity index (χ3n) is 2.37. The second-order valence-corrected chi connectivity index (χ2v) is 3.91. The van der Waals surface area contributed by atoms with E-state index < -0.39 is 0 Å². The molecular weight excluding hydrogens is 238 g/mol. The number of rotatable bonds is 2. The molecule has 5 heteroatoms. The van der Waals surface area contributed by atoms with Gasteiger partial charge in [-0.05, 0) is 24.3 Å². The average Bonchev–Trinajstić information content (AvgIpc) is 2.73. The maximum Gasteiger partial charge on any atom is 0.181 e. The predicted molar refractivity (Wildman–Crippen MR) is 66.5 cm³/mol. The van der Waals surface area contributed by atoms with Crippen LogP contribution in [0.15, 0.2) is 47.1 Å². The molecule has 1 aromatic carbocycles. The number of halogens is 1. The summed E-state index contributed by atoms with van der Waals surface area (Å²) in [7, 11) is 0. The lowest BCUT2D eigenvalue weighted by Gasteiger charge is -2.02. The van der Waals surface area contributed by atoms with Gasteiger partial charge < -0.3 is 9.84 Å². The van der Waals surface area contributed by atoms with Crippen LogP contribution in [0.1, 0.15) is 0 Å². The van der Waals surface area contributed by atoms with Gasteiger partial charge in [0.1, 0.15) is 5.15 Å². The van der Waals surface area contributed by atoms with Crippen molar-refractivity contribution >= 4 is 34.1 Å². The molecule has 1 N–H and O–H groups in total. The smallest absolute Gasteiger partial charge is 0.181 e. The zero-order chi connectivity index (χ0) is 11.7. The topological polar surface area (TPSA) is 51.0 Å². The second-order valence-electron chi connectivity index (χ2n) is 3.52. The monoisotopic (exact) mass is 245 g/mol. The number of benzene rings is 1. The van der Waals surface area contributed by atoms with Crippen molar-refractivity contribution in [2.75, 3.05) is 5.32 Å². The van der Waals surface area contributed by atoms with Crippen LogP contribution in [0.25, 0.3) is 11.0 Å². The molecule has 2 aromatic heterocycles. The van der Waals surface area contributed by atoms with Crippen molar-refractivity contribution < 1.29 is 4.52 Å². The summed E-state index contributed by atoms with van der Waals surface area (Å²) in [6.07, 6.45) is 1.63. The van der Waals surface area contributed by atoms with Crippen LogP contribution in [0.5, 0.6) is 0 Å². The fourth-order valence-corrected chi connectivity index (χ4v) is 1.77. The van der Waals surface area contributed by atoms with Gasteiger partial charge in [-0.1, -0.05) is 28.9 Å². The molecule has 2 heterocycles. The minimum Gasteiger partial charge on any atom is -0.354 e. The Hall–Kier alpha value is -2.07. The van der Waals surface area contributed by atoms with Crippen LogP contribution in [0.3, 0.4) is 0 Å². The molecule has 4 nitrogen and oxygen atoms in total. The van der Waals surface area contributed by atoms with Crippen molar-refractivity contribution in [1.29, 1.82) is 0 Å². The van der Waals surface area contributed by atoms with Gasteiger partial charge in [-0.25, -0.2) is 4.98 Å². The van der Waals surface area contributed by atoms with E-state index in [-0.39, 0.29) is 0 Å². The van der Waals surface area contributed by atoms with Gasteiger partial charge in [0.2, 0.25) is 0 Å². The highest BCUT2D eigenvalue weighted by Crippen LogP contribution is 2.25. The number of hydrogen-bond donors (Lipinski definition) is 1. The van der Waals surface area contributed by atoms with Crippen molar-refractivity contribution in [3.63, 3.8) is 0 Å². The molecule has 17 heavy (non-hydrogen) atoms. The second kappa shape index (κ2) is 4.07. The van der Waals surface area contributed by atoms with Crippen LogP contribution < -0.4 is 5.32 Å². The fourth-order valence-electron chi connectivity index (χ4n) is 1.59. The summed E-state index contributed by atoms with van der Waals surface area (Å²) in [5, 5.41) is 8.47. The third-order valence-corrected chi connectivity index (χ3v) is 2.57. The Morgan fingerprint density at radius 2 is 2.06 bits per heavy atom. The number of hydrogen-bond acceptors (Lipinski definition) is 4. The van der Waals surface area contributed by atoms with Crippen molar-refractivity contribution in [2.24, 2.45) is 0 Å². The van der Waals surface area contributed by atoms with E-state index in [1.54, 1.807) is 12.3 Å². The minimum absolute atomic E-state index is 0.433. The largest absolute Gasteiger partial charge is 0.354 e. The number of nitrogens with one attached hydrogen (secondary N) is 1. The number of pyridine rings is 1. The summed E-state index contributed by atoms with van der Waals surface area (Å²) in [6, 6.07) is 11.2. The molecule has 0 fully saturated rings. The number of nitrogens with zero attached hydrogens (tertiary/aromatic N) is 2. The number of aromatic nitrogens is 2. The molecule has 0 saturated heterocycles. The van der Waals surface area contributed by atoms with Gasteiger partial charge in [-0.3, -0.25) is 0 Å². The lowest BCUT2D eigenvalue weighted by molar-refractivity contribution is 0.460. The quantitative estimate of drug-likeness (QED) is 0.701. The first-order valence-electron chi connectivity index (χ1n) is 5.06. The van der Waals surface area contributed by atoms with Gasteiger partial charge in [0.05, 0.1) is 5.39 Å². The molecule has 0 saturated carbocycles. The Kier molecular flexibility index (Phi) is 2.42. The Bertz CT molecular complexity index is 665. The van der Waals surface area contributed by atoms with E-state index in [2.05, 4.69) is 15.5 Å². The van der Waals surface area contributed by atoms with E-state index in [1.807, 2.05) is 30.3 Å². The minimum atomic E-state index is 0.433. The van der Waals surface area contributed by atoms with Crippen molar-refractivity contribution in [3.8, 4) is 0 Å². The molecule has 0 aliphatic carbocycles. The zero-order valence-corrected chi connectivity index (χ0v) is 9.48. The van der Waals surface area contributed by atoms with Crippen LogP contribution in [0, 0.1) is 0 Å². The van der Waals surface area contributed by atoms with Gasteiger partial charge in [0, 0.05) is 11.9 Å². The van der Waals surface area contributed by atoms with Gasteiger partial charge in [-0.2, -0.15) is 0 Å². The average molecular weight is 246 g/mol. The molecule has 0 amide bonds. The van der Waals surface area contributed by atoms with Crippen LogP contribution in [0.4, 0.5) is 11.5 Å². The SMILES string of the molecule is Clc1cc(Nc2noc3ccccc23)ccn1. The first kappa shape index (κ1) is 10.1. The van der Waals surface area contributed by atoms with E-state index >= 15 is 0 Å². The van der Waals surface area contributed by atoms with Gasteiger partial charge in [-0.15, -0.1) is 0 Å². The standard InChI is InChI=1S/C12H8ClN3O/c13-11-7-8(5-6-14-11)15-12-9-3-1-2-4-10(9)17-16-12/h1-7H,(H,14,15,16). The van der Waals surface area contributed by atoms with Crippen molar-refractivity contribution in [2.45, 2.75) is 0 Å². The number of fused-ring (bicyclic) bond motifs is 1. The van der Waals surface area contributed by atoms with Gasteiger partial charge in [0.25, 0.3) is 0 Å². The molecule has 0 bridgehead atoms. The molecule has 0 atom stereocenters. The van der Waals surface area contributed by atoms with E-state index in [1.165, 1.54) is 0 Å². The number of para-hydroxylation sites is 1. The molecule has 0 aliphatic rings. The van der Waals surface area contributed by atoms with Gasteiger partial charge in [0.15, 0.2) is 11.4 Å². The molecule has 0 radical (unpaired) electrons. The zero-order valence-electron chi connectivity index (χ0n) is 8.72. The summed E-state index contributed by atoms with van der Waals surface area (Å²) in [4.78, 5) is 3.91. The van der Waals surface area contributed by atoms with Crippen LogP contribution in [0.2, 0.25) is 5.15 Å². The summed E-state index contributed by atoms with van der Waals surface area (Å²) >= 11 is 5.81. The summed E-state index contributed by atoms with van der Waals surface area (Å²) < 4.78 is 5.19. The molecule has 3 aromatic rings. The Morgan fingerprint density at radius 1 is 1.18 bits per heavy atom. The van der Waals surface area contributed by atoms with E-state index in [0.29, 0.717) is 11.0 Å². The predicted octanol–water partition coefficient (Wildman–Crippen LogP) is 3.62. The fraction of sp³-hybridized carbons (Fsp3) is 0. The lowest BCUT2D eigenvalue weighted by atomic mass is 10.2. The summed E-state index contributed by atoms with van der Waals surface area (Å²) in [6.45, 7) is 0. The molecule has 3 rings (SSSR count). The molecule has 0 unspecified atom stereocenters. The van der Waals surface area contributed by atoms with Crippen molar-refractivity contribution in [3.05, 3.63) is 47.7 Å². The highest BCUT2D eigenvalue weighted by molar-refractivity contribution is 6.29. The summed E-state index contributed by atoms with van der Waals surface area (Å²) in [5.41, 5.74) is 1.57. The van der Waals surface area contributed by atoms with Crippen LogP contribution in [-0.2, 0) is 0 Å². The summed E-state index contributed by atoms with van der Waals surface area (Å²) in [5.74, 6) is 0.669. The molecule has 84 valence electrons. The lowest BCUT2D eigenvalue weighted by Crippen LogP contribution is -1.91. The van der Waals surface area contributed by atoms with Crippen LogP contribution in [-0.4, -0.2) is 10.1 Å². The Labute approximate surface area is 102 Å². The highest BCUT2D eigenvalue weighted by atomic mass is 35.5. The maximum absolute atomic E-state index is 5.81. The molecule has 0 aliphatic heterocycles. The highest BCUT2D eigenvalue weighted by Gasteiger charge is 2.07. The van der Waals surface area contributed by atoms with Gasteiger partial charge >= 0.3 is 0 Å². The third kappa shape index (κ3) is 1.94. The van der Waals surface area contributed by atoms with E-state index in [0.717, 1.165) is 16.7 Å². The Morgan fingerprint density at radius 3 is 2.94 bits per heavy atom. The van der Waals surface area contributed by atoms with Crippen molar-refractivity contribution in [1.82, 2.24) is 10.1 Å². The van der Waals surface area contributed by atoms with E-state index in [4.69, 9.17) is 16.1 Å². The first-order valence-corrected chi connectivity index (χ1v) is 5.44.